The van der Waals surface area contributed by atoms with Crippen LogP contribution in [0, 0.1) is 0 Å². The van der Waals surface area contributed by atoms with Gasteiger partial charge in [0.1, 0.15) is 0 Å². The summed E-state index contributed by atoms with van der Waals surface area (Å²) in [5.41, 5.74) is 19.5. The monoisotopic (exact) mass is 815 g/mol. The van der Waals surface area contributed by atoms with Crippen molar-refractivity contribution < 1.29 is 0 Å². The van der Waals surface area contributed by atoms with Gasteiger partial charge in [-0.25, -0.2) is 0 Å². The Kier molecular flexibility index (Phi) is 9.35. The number of hydrogen-bond donors (Lipinski definition) is 1. The lowest BCUT2D eigenvalue weighted by Gasteiger charge is -2.45. The standard InChI is InChI=1S/C57H60BN2S/c1-35(2)38-23-26-49-45(29-38)52-53(61-49)58-50-43(44-33-41(55(6,7)8)34-46-51(44)59-57(10)28-18-17-27-56(46,57)9)30-39(36-19-13-11-14-20-36)31-48(50)60(52)47-25-24-40(54(3,4)5)32-42(47)37-21-15-12-16-22-37/h11-16,19-26,29-35,59H,17-18,27-28H2,1-10H3. The fraction of sp³-hybridized carbons (Fsp3) is 0.333. The van der Waals surface area contributed by atoms with Crippen LogP contribution < -0.4 is 20.5 Å². The maximum Gasteiger partial charge on any atom is 0.211 e. The van der Waals surface area contributed by atoms with Crippen LogP contribution in [0.2, 0.25) is 0 Å². The van der Waals surface area contributed by atoms with E-state index in [4.69, 9.17) is 0 Å². The molecule has 2 unspecified atom stereocenters. The number of nitrogens with one attached hydrogen (secondary N) is 1. The van der Waals surface area contributed by atoms with E-state index >= 15 is 0 Å². The van der Waals surface area contributed by atoms with Gasteiger partial charge in [0, 0.05) is 43.5 Å². The van der Waals surface area contributed by atoms with Crippen LogP contribution in [-0.2, 0) is 16.2 Å². The van der Waals surface area contributed by atoms with Gasteiger partial charge in [-0.1, -0.05) is 154 Å². The Balaban J connectivity index is 1.34. The molecule has 4 heteroatoms. The Morgan fingerprint density at radius 3 is 2.00 bits per heavy atom. The number of fused-ring (bicyclic) bond motifs is 7. The van der Waals surface area contributed by atoms with E-state index in [-0.39, 0.29) is 21.8 Å². The molecule has 1 aliphatic carbocycles. The Labute approximate surface area is 369 Å². The van der Waals surface area contributed by atoms with Crippen molar-refractivity contribution in [2.45, 2.75) is 123 Å². The molecule has 61 heavy (non-hydrogen) atoms. The van der Waals surface area contributed by atoms with Crippen LogP contribution in [0.15, 0.2) is 121 Å². The van der Waals surface area contributed by atoms with Crippen LogP contribution in [0.4, 0.5) is 22.7 Å². The Morgan fingerprint density at radius 1 is 0.639 bits per heavy atom. The van der Waals surface area contributed by atoms with E-state index in [1.54, 1.807) is 0 Å². The van der Waals surface area contributed by atoms with Crippen molar-refractivity contribution in [3.05, 3.63) is 144 Å². The number of anilines is 4. The zero-order valence-electron chi connectivity index (χ0n) is 37.9. The summed E-state index contributed by atoms with van der Waals surface area (Å²) in [5.74, 6) is 0.424. The fourth-order valence-electron chi connectivity index (χ4n) is 10.6. The molecule has 3 heterocycles. The molecule has 7 aromatic rings. The highest BCUT2D eigenvalue weighted by Crippen LogP contribution is 2.58. The second-order valence-electron chi connectivity index (χ2n) is 21.1. The van der Waals surface area contributed by atoms with Crippen molar-refractivity contribution >= 4 is 61.7 Å². The number of benzene rings is 6. The summed E-state index contributed by atoms with van der Waals surface area (Å²) in [5, 5.41) is 5.61. The van der Waals surface area contributed by atoms with Crippen molar-refractivity contribution in [2.24, 2.45) is 0 Å². The van der Waals surface area contributed by atoms with Gasteiger partial charge in [0.25, 0.3) is 0 Å². The lowest BCUT2D eigenvalue weighted by atomic mass is 9.60. The zero-order valence-corrected chi connectivity index (χ0v) is 38.7. The molecule has 2 nitrogen and oxygen atoms in total. The average molecular weight is 816 g/mol. The summed E-state index contributed by atoms with van der Waals surface area (Å²) in [4.78, 5) is 2.65. The van der Waals surface area contributed by atoms with Crippen LogP contribution in [-0.4, -0.2) is 12.8 Å². The molecule has 6 aromatic carbocycles. The highest BCUT2D eigenvalue weighted by Gasteiger charge is 2.54. The lowest BCUT2D eigenvalue weighted by molar-refractivity contribution is 0.214. The molecule has 307 valence electrons. The van der Waals surface area contributed by atoms with Crippen molar-refractivity contribution in [1.29, 1.82) is 0 Å². The highest BCUT2D eigenvalue weighted by atomic mass is 32.1. The number of thiophene rings is 1. The van der Waals surface area contributed by atoms with Crippen molar-refractivity contribution in [3.63, 3.8) is 0 Å². The second kappa shape index (κ2) is 14.2. The summed E-state index contributed by atoms with van der Waals surface area (Å²) in [6.45, 7) is 23.8. The molecule has 2 atom stereocenters. The van der Waals surface area contributed by atoms with E-state index < -0.39 is 0 Å². The first-order chi connectivity index (χ1) is 29.0. The van der Waals surface area contributed by atoms with Crippen LogP contribution >= 0.6 is 11.3 Å². The van der Waals surface area contributed by atoms with Gasteiger partial charge < -0.3 is 10.2 Å². The summed E-state index contributed by atoms with van der Waals surface area (Å²) in [7, 11) is 2.54. The molecular formula is C57H60BN2S. The summed E-state index contributed by atoms with van der Waals surface area (Å²) in [6.07, 6.45) is 4.92. The van der Waals surface area contributed by atoms with Gasteiger partial charge in [0.15, 0.2) is 0 Å². The van der Waals surface area contributed by atoms with Gasteiger partial charge >= 0.3 is 0 Å². The average Bonchev–Trinajstić information content (AvgIpc) is 3.72. The Morgan fingerprint density at radius 2 is 1.31 bits per heavy atom. The van der Waals surface area contributed by atoms with E-state index in [0.29, 0.717) is 5.92 Å². The zero-order chi connectivity index (χ0) is 42.6. The van der Waals surface area contributed by atoms with Crippen LogP contribution in [0.5, 0.6) is 0 Å². The van der Waals surface area contributed by atoms with Crippen LogP contribution in [0.1, 0.15) is 123 Å². The first-order valence-electron chi connectivity index (χ1n) is 22.7. The van der Waals surface area contributed by atoms with E-state index in [2.05, 4.69) is 208 Å². The Hall–Kier alpha value is -5.06. The smallest absolute Gasteiger partial charge is 0.211 e. The van der Waals surface area contributed by atoms with Crippen LogP contribution in [0.3, 0.4) is 0 Å². The molecule has 2 aliphatic heterocycles. The van der Waals surface area contributed by atoms with Gasteiger partial charge in [0.05, 0.1) is 11.4 Å². The molecule has 10 rings (SSSR count). The molecule has 1 fully saturated rings. The molecule has 1 aromatic heterocycles. The van der Waals surface area contributed by atoms with E-state index in [1.165, 1.54) is 124 Å². The maximum atomic E-state index is 4.29. The second-order valence-corrected chi connectivity index (χ2v) is 22.2. The van der Waals surface area contributed by atoms with Crippen LogP contribution in [0.25, 0.3) is 43.5 Å². The maximum absolute atomic E-state index is 4.29. The van der Waals surface area contributed by atoms with Crippen molar-refractivity contribution in [2.75, 3.05) is 10.2 Å². The normalized spacial score (nSPS) is 19.6. The molecule has 0 amide bonds. The third-order valence-electron chi connectivity index (χ3n) is 14.7. The Bertz CT molecular complexity index is 2840. The first-order valence-corrected chi connectivity index (χ1v) is 23.5. The number of nitrogens with zero attached hydrogens (tertiary/aromatic N) is 1. The predicted octanol–water partition coefficient (Wildman–Crippen LogP) is 15.1. The minimum atomic E-state index is -0.0210. The van der Waals surface area contributed by atoms with E-state index in [1.807, 2.05) is 11.3 Å². The lowest BCUT2D eigenvalue weighted by Crippen LogP contribution is -2.50. The fourth-order valence-corrected chi connectivity index (χ4v) is 11.7. The third-order valence-corrected chi connectivity index (χ3v) is 15.8. The first kappa shape index (κ1) is 40.0. The quantitative estimate of drug-likeness (QED) is 0.174. The van der Waals surface area contributed by atoms with Gasteiger partial charge in [-0.3, -0.25) is 0 Å². The summed E-state index contributed by atoms with van der Waals surface area (Å²) in [6, 6.07) is 46.7. The predicted molar refractivity (Wildman–Crippen MR) is 267 cm³/mol. The molecule has 1 radical (unpaired) electrons. The van der Waals surface area contributed by atoms with E-state index in [9.17, 15) is 0 Å². The third kappa shape index (κ3) is 6.50. The number of hydrogen-bond acceptors (Lipinski definition) is 3. The molecule has 0 saturated heterocycles. The largest absolute Gasteiger partial charge is 0.378 e. The van der Waals surface area contributed by atoms with Gasteiger partial charge in [-0.15, -0.1) is 11.3 Å². The van der Waals surface area contributed by atoms with Gasteiger partial charge in [-0.2, -0.15) is 0 Å². The molecule has 0 spiro atoms. The van der Waals surface area contributed by atoms with E-state index in [0.717, 1.165) is 0 Å². The minimum Gasteiger partial charge on any atom is -0.378 e. The molecular weight excluding hydrogens is 756 g/mol. The highest BCUT2D eigenvalue weighted by molar-refractivity contribution is 7.29. The van der Waals surface area contributed by atoms with Crippen molar-refractivity contribution in [3.8, 4) is 33.4 Å². The number of rotatable bonds is 5. The molecule has 1 saturated carbocycles. The van der Waals surface area contributed by atoms with Crippen molar-refractivity contribution in [1.82, 2.24) is 0 Å². The topological polar surface area (TPSA) is 15.3 Å². The molecule has 0 bridgehead atoms. The molecule has 1 N–H and O–H groups in total. The summed E-state index contributed by atoms with van der Waals surface area (Å²) >= 11 is 1.93. The SMILES string of the molecule is CC(C)c1ccc2sc3c(c2c1)N(c1ccc(C(C)(C)C)cc1-c1ccccc1)c1cc(-c2ccccc2)cc(-c2cc(C(C)(C)C)cc4c2NC2(C)CCCCC42C)c1[B]3. The van der Waals surface area contributed by atoms with Gasteiger partial charge in [0.2, 0.25) is 7.28 Å². The van der Waals surface area contributed by atoms with Gasteiger partial charge in [-0.05, 0) is 134 Å². The minimum absolute atomic E-state index is 0.00214. The molecule has 3 aliphatic rings. The summed E-state index contributed by atoms with van der Waals surface area (Å²) < 4.78 is 2.63.